The Morgan fingerprint density at radius 3 is 2.79 bits per heavy atom. The molecule has 1 aromatic heterocycles. The molecular weight excluding hydrogens is 434 g/mol. The van der Waals surface area contributed by atoms with Crippen molar-refractivity contribution in [3.63, 3.8) is 0 Å². The summed E-state index contributed by atoms with van der Waals surface area (Å²) in [6.07, 6.45) is 3.17. The minimum atomic E-state index is -0.713. The van der Waals surface area contributed by atoms with Crippen LogP contribution in [0.25, 0.3) is 5.69 Å². The molecule has 3 aromatic rings. The standard InChI is InChI=1S/C24H25N7O3/c1-16-9-10-17(30-15-25-27-28-30)14-19(16)26-21(32)8-5-13-29-23(34)18-6-3-4-7-20(18)31-22(33)11-12-24(29,31)2/h3-4,6-7,9-10,14-15H,5,8,11-13H2,1-2H3,(H,26,32). The number of nitrogens with one attached hydrogen (secondary N) is 1. The van der Waals surface area contributed by atoms with E-state index in [1.807, 2.05) is 44.2 Å². The number of amides is 3. The molecule has 10 nitrogen and oxygen atoms in total. The molecule has 1 N–H and O–H groups in total. The number of rotatable bonds is 6. The summed E-state index contributed by atoms with van der Waals surface area (Å²) in [4.78, 5) is 42.2. The van der Waals surface area contributed by atoms with Gasteiger partial charge in [0.15, 0.2) is 0 Å². The van der Waals surface area contributed by atoms with Gasteiger partial charge >= 0.3 is 0 Å². The van der Waals surface area contributed by atoms with Gasteiger partial charge in [-0.1, -0.05) is 18.2 Å². The Labute approximate surface area is 196 Å². The van der Waals surface area contributed by atoms with Gasteiger partial charge in [0, 0.05) is 25.1 Å². The summed E-state index contributed by atoms with van der Waals surface area (Å²) >= 11 is 0. The molecule has 0 spiro atoms. The van der Waals surface area contributed by atoms with Crippen molar-refractivity contribution in [3.05, 3.63) is 59.9 Å². The van der Waals surface area contributed by atoms with Crippen LogP contribution in [-0.4, -0.2) is 55.0 Å². The molecule has 0 saturated carbocycles. The molecule has 1 atom stereocenters. The second-order valence-electron chi connectivity index (χ2n) is 8.83. The molecule has 10 heteroatoms. The van der Waals surface area contributed by atoms with Gasteiger partial charge < -0.3 is 10.2 Å². The van der Waals surface area contributed by atoms with Crippen LogP contribution in [0.3, 0.4) is 0 Å². The highest BCUT2D eigenvalue weighted by Crippen LogP contribution is 2.44. The maximum atomic E-state index is 13.3. The van der Waals surface area contributed by atoms with Crippen molar-refractivity contribution in [3.8, 4) is 5.69 Å². The lowest BCUT2D eigenvalue weighted by Gasteiger charge is -2.48. The zero-order chi connectivity index (χ0) is 23.9. The van der Waals surface area contributed by atoms with Crippen LogP contribution in [0.4, 0.5) is 11.4 Å². The van der Waals surface area contributed by atoms with Crippen LogP contribution in [-0.2, 0) is 9.59 Å². The lowest BCUT2D eigenvalue weighted by Crippen LogP contribution is -2.62. The minimum absolute atomic E-state index is 0.0168. The third kappa shape index (κ3) is 3.60. The van der Waals surface area contributed by atoms with Crippen LogP contribution >= 0.6 is 0 Å². The van der Waals surface area contributed by atoms with E-state index in [0.717, 1.165) is 11.3 Å². The van der Waals surface area contributed by atoms with Gasteiger partial charge in [0.2, 0.25) is 11.8 Å². The predicted molar refractivity (Wildman–Crippen MR) is 124 cm³/mol. The number of aryl methyl sites for hydroxylation is 1. The number of fused-ring (bicyclic) bond motifs is 3. The van der Waals surface area contributed by atoms with E-state index in [-0.39, 0.29) is 24.1 Å². The van der Waals surface area contributed by atoms with E-state index < -0.39 is 5.66 Å². The minimum Gasteiger partial charge on any atom is -0.326 e. The lowest BCUT2D eigenvalue weighted by molar-refractivity contribution is -0.118. The summed E-state index contributed by atoms with van der Waals surface area (Å²) in [6, 6.07) is 12.8. The fourth-order valence-electron chi connectivity index (χ4n) is 4.82. The zero-order valence-corrected chi connectivity index (χ0v) is 19.1. The largest absolute Gasteiger partial charge is 0.326 e. The van der Waals surface area contributed by atoms with E-state index in [9.17, 15) is 14.4 Å². The molecule has 2 aromatic carbocycles. The van der Waals surface area contributed by atoms with Gasteiger partial charge in [-0.05, 0) is 66.9 Å². The molecule has 2 aliphatic heterocycles. The SMILES string of the molecule is Cc1ccc(-n2cnnn2)cc1NC(=O)CCCN1C(=O)c2ccccc2N2C(=O)CCC12C. The highest BCUT2D eigenvalue weighted by Gasteiger charge is 2.52. The molecule has 3 heterocycles. The number of benzene rings is 2. The van der Waals surface area contributed by atoms with E-state index in [1.54, 1.807) is 21.9 Å². The van der Waals surface area contributed by atoms with Crippen molar-refractivity contribution < 1.29 is 14.4 Å². The van der Waals surface area contributed by atoms with Crippen molar-refractivity contribution in [2.45, 2.75) is 45.2 Å². The lowest BCUT2D eigenvalue weighted by atomic mass is 9.98. The Bertz CT molecular complexity index is 1270. The van der Waals surface area contributed by atoms with Crippen molar-refractivity contribution in [2.24, 2.45) is 0 Å². The van der Waals surface area contributed by atoms with Gasteiger partial charge in [-0.25, -0.2) is 4.68 Å². The summed E-state index contributed by atoms with van der Waals surface area (Å²) in [5, 5.41) is 14.1. The number of aromatic nitrogens is 4. The van der Waals surface area contributed by atoms with Crippen molar-refractivity contribution >= 4 is 29.1 Å². The number of anilines is 2. The van der Waals surface area contributed by atoms with Crippen LogP contribution in [0.2, 0.25) is 0 Å². The molecule has 1 saturated heterocycles. The Hall–Kier alpha value is -4.08. The maximum Gasteiger partial charge on any atom is 0.257 e. The number of tetrazole rings is 1. The van der Waals surface area contributed by atoms with Crippen LogP contribution in [0.15, 0.2) is 48.8 Å². The maximum absolute atomic E-state index is 13.3. The van der Waals surface area contributed by atoms with Gasteiger partial charge in [0.05, 0.1) is 16.9 Å². The normalized spacial score (nSPS) is 19.2. The molecule has 1 fully saturated rings. The predicted octanol–water partition coefficient (Wildman–Crippen LogP) is 2.69. The first-order chi connectivity index (χ1) is 16.4. The molecule has 0 aliphatic carbocycles. The van der Waals surface area contributed by atoms with Gasteiger partial charge in [0.1, 0.15) is 12.0 Å². The molecule has 174 valence electrons. The summed E-state index contributed by atoms with van der Waals surface area (Å²) in [6.45, 7) is 4.22. The van der Waals surface area contributed by atoms with E-state index >= 15 is 0 Å². The number of hydrogen-bond donors (Lipinski definition) is 1. The number of carbonyl (C=O) groups excluding carboxylic acids is 3. The number of nitrogens with zero attached hydrogens (tertiary/aromatic N) is 6. The summed E-state index contributed by atoms with van der Waals surface area (Å²) in [5.41, 5.74) is 2.82. The van der Waals surface area contributed by atoms with E-state index in [4.69, 9.17) is 0 Å². The van der Waals surface area contributed by atoms with Crippen LogP contribution in [0.5, 0.6) is 0 Å². The summed E-state index contributed by atoms with van der Waals surface area (Å²) in [7, 11) is 0. The molecule has 0 radical (unpaired) electrons. The first kappa shape index (κ1) is 21.7. The topological polar surface area (TPSA) is 113 Å². The van der Waals surface area contributed by atoms with E-state index in [0.29, 0.717) is 42.7 Å². The fraction of sp³-hybridized carbons (Fsp3) is 0.333. The quantitative estimate of drug-likeness (QED) is 0.606. The van der Waals surface area contributed by atoms with Crippen molar-refractivity contribution in [1.82, 2.24) is 25.1 Å². The molecular formula is C24H25N7O3. The fourth-order valence-corrected chi connectivity index (χ4v) is 4.82. The number of hydrogen-bond acceptors (Lipinski definition) is 6. The Morgan fingerprint density at radius 1 is 1.18 bits per heavy atom. The summed E-state index contributed by atoms with van der Waals surface area (Å²) < 4.78 is 1.52. The van der Waals surface area contributed by atoms with Crippen LogP contribution < -0.4 is 10.2 Å². The van der Waals surface area contributed by atoms with Gasteiger partial charge in [-0.2, -0.15) is 0 Å². The molecule has 2 aliphatic rings. The van der Waals surface area contributed by atoms with Crippen LogP contribution in [0.1, 0.15) is 48.5 Å². The first-order valence-electron chi connectivity index (χ1n) is 11.3. The summed E-state index contributed by atoms with van der Waals surface area (Å²) in [5.74, 6) is -0.232. The molecule has 34 heavy (non-hydrogen) atoms. The number of para-hydroxylation sites is 1. The van der Waals surface area contributed by atoms with E-state index in [1.165, 1.54) is 11.0 Å². The average molecular weight is 460 g/mol. The molecule has 5 rings (SSSR count). The second kappa shape index (κ2) is 8.36. The molecule has 3 amide bonds. The van der Waals surface area contributed by atoms with E-state index in [2.05, 4.69) is 20.8 Å². The molecule has 1 unspecified atom stereocenters. The highest BCUT2D eigenvalue weighted by molar-refractivity contribution is 6.10. The second-order valence-corrected chi connectivity index (χ2v) is 8.83. The third-order valence-corrected chi connectivity index (χ3v) is 6.64. The number of carbonyl (C=O) groups is 3. The van der Waals surface area contributed by atoms with Crippen LogP contribution in [0, 0.1) is 6.92 Å². The Balaban J connectivity index is 1.27. The highest BCUT2D eigenvalue weighted by atomic mass is 16.2. The monoisotopic (exact) mass is 459 g/mol. The Kier molecular flexibility index (Phi) is 5.35. The van der Waals surface area contributed by atoms with Gasteiger partial charge in [0.25, 0.3) is 5.91 Å². The third-order valence-electron chi connectivity index (χ3n) is 6.64. The smallest absolute Gasteiger partial charge is 0.257 e. The van der Waals surface area contributed by atoms with Gasteiger partial charge in [-0.3, -0.25) is 19.3 Å². The van der Waals surface area contributed by atoms with Crippen molar-refractivity contribution in [1.29, 1.82) is 0 Å². The van der Waals surface area contributed by atoms with Gasteiger partial charge in [-0.15, -0.1) is 5.10 Å². The van der Waals surface area contributed by atoms with Crippen molar-refractivity contribution in [2.75, 3.05) is 16.8 Å². The zero-order valence-electron chi connectivity index (χ0n) is 19.1. The first-order valence-corrected chi connectivity index (χ1v) is 11.3. The molecule has 0 bridgehead atoms. The Morgan fingerprint density at radius 2 is 2.00 bits per heavy atom. The average Bonchev–Trinajstić information content (AvgIpc) is 3.46.